The van der Waals surface area contributed by atoms with E-state index in [2.05, 4.69) is 0 Å². The number of ketones is 1. The Morgan fingerprint density at radius 2 is 1.91 bits per heavy atom. The van der Waals surface area contributed by atoms with Crippen LogP contribution in [0.15, 0.2) is 0 Å². The van der Waals surface area contributed by atoms with Crippen LogP contribution < -0.4 is 0 Å². The highest BCUT2D eigenvalue weighted by Gasteiger charge is 2.24. The van der Waals surface area contributed by atoms with Gasteiger partial charge < -0.3 is 0 Å². The molecule has 1 aliphatic carbocycles. The van der Waals surface area contributed by atoms with Gasteiger partial charge in [-0.25, -0.2) is 4.39 Å². The second-order valence-electron chi connectivity index (χ2n) is 3.35. The molecule has 0 aromatic rings. The number of carbonyl (C=O) groups excluding carboxylic acids is 1. The standard InChI is InChI=1S/C9H15FO/c1-7(10)9(11)8-5-3-2-4-6-8/h7-8H,2-6H2,1H3. The maximum absolute atomic E-state index is 12.5. The van der Waals surface area contributed by atoms with E-state index in [-0.39, 0.29) is 11.7 Å². The van der Waals surface area contributed by atoms with Crippen LogP contribution in [0.1, 0.15) is 39.0 Å². The third-order valence-corrected chi connectivity index (χ3v) is 2.40. The number of alkyl halides is 1. The van der Waals surface area contributed by atoms with Crippen LogP contribution in [0.5, 0.6) is 0 Å². The molecule has 0 spiro atoms. The minimum atomic E-state index is -1.25. The zero-order valence-electron chi connectivity index (χ0n) is 6.98. The van der Waals surface area contributed by atoms with Gasteiger partial charge in [-0.05, 0) is 19.8 Å². The monoisotopic (exact) mass is 158 g/mol. The molecule has 1 rings (SSSR count). The first-order valence-electron chi connectivity index (χ1n) is 4.39. The second kappa shape index (κ2) is 3.84. The molecule has 0 heterocycles. The maximum atomic E-state index is 12.5. The summed E-state index contributed by atoms with van der Waals surface area (Å²) >= 11 is 0. The molecule has 1 nitrogen and oxygen atoms in total. The molecule has 0 amide bonds. The highest BCUT2D eigenvalue weighted by atomic mass is 19.1. The van der Waals surface area contributed by atoms with Crippen molar-refractivity contribution in [3.63, 3.8) is 0 Å². The van der Waals surface area contributed by atoms with E-state index in [0.29, 0.717) is 0 Å². The number of rotatable bonds is 2. The fourth-order valence-corrected chi connectivity index (χ4v) is 1.71. The highest BCUT2D eigenvalue weighted by molar-refractivity contribution is 5.84. The Hall–Kier alpha value is -0.400. The second-order valence-corrected chi connectivity index (χ2v) is 3.35. The van der Waals surface area contributed by atoms with E-state index < -0.39 is 6.17 Å². The van der Waals surface area contributed by atoms with Gasteiger partial charge in [0.25, 0.3) is 0 Å². The summed E-state index contributed by atoms with van der Waals surface area (Å²) < 4.78 is 12.5. The Morgan fingerprint density at radius 3 is 2.36 bits per heavy atom. The first-order chi connectivity index (χ1) is 5.22. The van der Waals surface area contributed by atoms with Crippen LogP contribution in [-0.2, 0) is 4.79 Å². The zero-order valence-corrected chi connectivity index (χ0v) is 6.98. The van der Waals surface area contributed by atoms with E-state index in [4.69, 9.17) is 0 Å². The lowest BCUT2D eigenvalue weighted by atomic mass is 9.85. The van der Waals surface area contributed by atoms with Crippen LogP contribution in [0.3, 0.4) is 0 Å². The van der Waals surface area contributed by atoms with Crippen LogP contribution in [0.2, 0.25) is 0 Å². The average molecular weight is 158 g/mol. The summed E-state index contributed by atoms with van der Waals surface area (Å²) in [6.45, 7) is 1.34. The number of Topliss-reactive ketones (excluding diaryl/α,β-unsaturated/α-hetero) is 1. The molecule has 0 radical (unpaired) electrons. The van der Waals surface area contributed by atoms with Gasteiger partial charge in [-0.15, -0.1) is 0 Å². The smallest absolute Gasteiger partial charge is 0.169 e. The van der Waals surface area contributed by atoms with Gasteiger partial charge in [0.15, 0.2) is 12.0 Å². The fraction of sp³-hybridized carbons (Fsp3) is 0.889. The molecule has 11 heavy (non-hydrogen) atoms. The average Bonchev–Trinajstić information content (AvgIpc) is 2.05. The molecule has 1 saturated carbocycles. The van der Waals surface area contributed by atoms with Crippen molar-refractivity contribution in [2.75, 3.05) is 0 Å². The van der Waals surface area contributed by atoms with Gasteiger partial charge in [-0.2, -0.15) is 0 Å². The Kier molecular flexibility index (Phi) is 3.03. The van der Waals surface area contributed by atoms with Gasteiger partial charge in [-0.1, -0.05) is 19.3 Å². The SMILES string of the molecule is CC(F)C(=O)C1CCCCC1. The summed E-state index contributed by atoms with van der Waals surface area (Å²) in [6, 6.07) is 0. The first-order valence-corrected chi connectivity index (χ1v) is 4.39. The molecule has 1 fully saturated rings. The van der Waals surface area contributed by atoms with Crippen molar-refractivity contribution < 1.29 is 9.18 Å². The molecule has 1 aliphatic rings. The van der Waals surface area contributed by atoms with E-state index in [9.17, 15) is 9.18 Å². The molecule has 0 saturated heterocycles. The molecular formula is C9H15FO. The maximum Gasteiger partial charge on any atom is 0.169 e. The summed E-state index contributed by atoms with van der Waals surface area (Å²) in [7, 11) is 0. The van der Waals surface area contributed by atoms with E-state index in [1.807, 2.05) is 0 Å². The Balaban J connectivity index is 2.39. The van der Waals surface area contributed by atoms with Gasteiger partial charge in [0.05, 0.1) is 0 Å². The lowest BCUT2D eigenvalue weighted by Crippen LogP contribution is -2.24. The minimum absolute atomic E-state index is 0.0312. The van der Waals surface area contributed by atoms with E-state index >= 15 is 0 Å². The molecule has 64 valence electrons. The van der Waals surface area contributed by atoms with Gasteiger partial charge in [-0.3, -0.25) is 4.79 Å². The van der Waals surface area contributed by atoms with Crippen molar-refractivity contribution in [1.29, 1.82) is 0 Å². The molecule has 0 aliphatic heterocycles. The summed E-state index contributed by atoms with van der Waals surface area (Å²) in [4.78, 5) is 11.1. The summed E-state index contributed by atoms with van der Waals surface area (Å²) in [6.07, 6.45) is 3.98. The lowest BCUT2D eigenvalue weighted by Gasteiger charge is -2.20. The molecular weight excluding hydrogens is 143 g/mol. The van der Waals surface area contributed by atoms with Crippen LogP contribution >= 0.6 is 0 Å². The van der Waals surface area contributed by atoms with E-state index in [0.717, 1.165) is 25.7 Å². The van der Waals surface area contributed by atoms with Crippen molar-refractivity contribution in [1.82, 2.24) is 0 Å². The van der Waals surface area contributed by atoms with Crippen LogP contribution in [0.4, 0.5) is 4.39 Å². The van der Waals surface area contributed by atoms with Crippen molar-refractivity contribution in [3.8, 4) is 0 Å². The van der Waals surface area contributed by atoms with Crippen LogP contribution in [-0.4, -0.2) is 12.0 Å². The number of halogens is 1. The molecule has 1 unspecified atom stereocenters. The number of hydrogen-bond acceptors (Lipinski definition) is 1. The van der Waals surface area contributed by atoms with Crippen molar-refractivity contribution in [2.24, 2.45) is 5.92 Å². The van der Waals surface area contributed by atoms with E-state index in [1.165, 1.54) is 13.3 Å². The fourth-order valence-electron chi connectivity index (χ4n) is 1.71. The van der Waals surface area contributed by atoms with Crippen LogP contribution in [0.25, 0.3) is 0 Å². The van der Waals surface area contributed by atoms with Gasteiger partial charge in [0.2, 0.25) is 0 Å². The Labute approximate surface area is 67.0 Å². The predicted octanol–water partition coefficient (Wildman–Crippen LogP) is 2.49. The van der Waals surface area contributed by atoms with Gasteiger partial charge in [0.1, 0.15) is 0 Å². The van der Waals surface area contributed by atoms with Crippen LogP contribution in [0, 0.1) is 5.92 Å². The summed E-state index contributed by atoms with van der Waals surface area (Å²) in [5.41, 5.74) is 0. The molecule has 1 atom stereocenters. The lowest BCUT2D eigenvalue weighted by molar-refractivity contribution is -0.128. The summed E-state index contributed by atoms with van der Waals surface area (Å²) in [5, 5.41) is 0. The van der Waals surface area contributed by atoms with Crippen molar-refractivity contribution >= 4 is 5.78 Å². The molecule has 0 aromatic carbocycles. The predicted molar refractivity (Wildman–Crippen MR) is 42.2 cm³/mol. The highest BCUT2D eigenvalue weighted by Crippen LogP contribution is 2.25. The topological polar surface area (TPSA) is 17.1 Å². The Bertz CT molecular complexity index is 136. The summed E-state index contributed by atoms with van der Waals surface area (Å²) in [5.74, 6) is -0.145. The van der Waals surface area contributed by atoms with Gasteiger partial charge >= 0.3 is 0 Å². The third-order valence-electron chi connectivity index (χ3n) is 2.40. The molecule has 0 aromatic heterocycles. The van der Waals surface area contributed by atoms with E-state index in [1.54, 1.807) is 0 Å². The minimum Gasteiger partial charge on any atom is -0.296 e. The van der Waals surface area contributed by atoms with Gasteiger partial charge in [0, 0.05) is 5.92 Å². The van der Waals surface area contributed by atoms with Crippen molar-refractivity contribution in [2.45, 2.75) is 45.2 Å². The number of carbonyl (C=O) groups is 1. The zero-order chi connectivity index (χ0) is 8.27. The normalized spacial score (nSPS) is 23.1. The molecule has 0 bridgehead atoms. The largest absolute Gasteiger partial charge is 0.296 e. The Morgan fingerprint density at radius 1 is 1.36 bits per heavy atom. The number of hydrogen-bond donors (Lipinski definition) is 0. The quantitative estimate of drug-likeness (QED) is 0.603. The molecule has 2 heteroatoms. The third kappa shape index (κ3) is 2.28. The van der Waals surface area contributed by atoms with Crippen molar-refractivity contribution in [3.05, 3.63) is 0 Å². The first kappa shape index (κ1) is 8.69. The molecule has 0 N–H and O–H groups in total.